The molecule has 1 aliphatic rings. The Morgan fingerprint density at radius 2 is 2.38 bits per heavy atom. The Balaban J connectivity index is 2.00. The van der Waals surface area contributed by atoms with Gasteiger partial charge in [0.05, 0.1) is 6.54 Å². The molecular formula is C10H18N6. The van der Waals surface area contributed by atoms with Gasteiger partial charge in [0.25, 0.3) is 0 Å². The molecule has 88 valence electrons. The van der Waals surface area contributed by atoms with Crippen LogP contribution in [0.4, 0.5) is 0 Å². The summed E-state index contributed by atoms with van der Waals surface area (Å²) in [6.07, 6.45) is 1.76. The van der Waals surface area contributed by atoms with Crippen LogP contribution < -0.4 is 5.73 Å². The topological polar surface area (TPSA) is 72.3 Å². The molecule has 0 radical (unpaired) electrons. The SMILES string of the molecule is CC(C)CN=C(N)N1CCn2cnnc2C1. The highest BCUT2D eigenvalue weighted by atomic mass is 15.4. The summed E-state index contributed by atoms with van der Waals surface area (Å²) in [5.74, 6) is 2.10. The van der Waals surface area contributed by atoms with Gasteiger partial charge in [-0.25, -0.2) is 0 Å². The lowest BCUT2D eigenvalue weighted by Gasteiger charge is -2.27. The molecule has 1 aliphatic heterocycles. The predicted molar refractivity (Wildman–Crippen MR) is 61.8 cm³/mol. The van der Waals surface area contributed by atoms with E-state index in [9.17, 15) is 0 Å². The second kappa shape index (κ2) is 4.51. The van der Waals surface area contributed by atoms with Gasteiger partial charge < -0.3 is 15.2 Å². The predicted octanol–water partition coefficient (Wildman–Crippen LogP) is 0.0644. The van der Waals surface area contributed by atoms with Gasteiger partial charge in [-0.1, -0.05) is 13.8 Å². The van der Waals surface area contributed by atoms with Gasteiger partial charge in [0.15, 0.2) is 11.8 Å². The van der Waals surface area contributed by atoms with Gasteiger partial charge in [0.2, 0.25) is 0 Å². The summed E-state index contributed by atoms with van der Waals surface area (Å²) in [4.78, 5) is 6.42. The quantitative estimate of drug-likeness (QED) is 0.567. The molecule has 16 heavy (non-hydrogen) atoms. The van der Waals surface area contributed by atoms with E-state index >= 15 is 0 Å². The van der Waals surface area contributed by atoms with E-state index in [-0.39, 0.29) is 0 Å². The average molecular weight is 222 g/mol. The lowest BCUT2D eigenvalue weighted by atomic mass is 10.2. The van der Waals surface area contributed by atoms with E-state index in [1.165, 1.54) is 0 Å². The number of nitrogens with two attached hydrogens (primary N) is 1. The number of aliphatic imine (C=N–C) groups is 1. The normalized spacial score (nSPS) is 16.7. The van der Waals surface area contributed by atoms with E-state index < -0.39 is 0 Å². The van der Waals surface area contributed by atoms with Crippen molar-refractivity contribution >= 4 is 5.96 Å². The second-order valence-corrected chi connectivity index (χ2v) is 4.45. The van der Waals surface area contributed by atoms with E-state index in [4.69, 9.17) is 5.73 Å². The second-order valence-electron chi connectivity index (χ2n) is 4.45. The summed E-state index contributed by atoms with van der Waals surface area (Å²) in [5, 5.41) is 7.92. The Bertz CT molecular complexity index is 380. The highest BCUT2D eigenvalue weighted by Crippen LogP contribution is 2.08. The summed E-state index contributed by atoms with van der Waals surface area (Å²) in [6, 6.07) is 0. The van der Waals surface area contributed by atoms with Crippen molar-refractivity contribution in [2.45, 2.75) is 26.9 Å². The van der Waals surface area contributed by atoms with Crippen LogP contribution in [0.5, 0.6) is 0 Å². The van der Waals surface area contributed by atoms with Crippen molar-refractivity contribution in [2.75, 3.05) is 13.1 Å². The molecule has 0 fully saturated rings. The zero-order valence-electron chi connectivity index (χ0n) is 9.80. The molecule has 0 atom stereocenters. The number of guanidine groups is 1. The molecule has 2 heterocycles. The van der Waals surface area contributed by atoms with E-state index in [0.29, 0.717) is 18.4 Å². The van der Waals surface area contributed by atoms with Gasteiger partial charge in [0, 0.05) is 19.6 Å². The third kappa shape index (κ3) is 2.32. The number of nitrogens with zero attached hydrogens (tertiary/aromatic N) is 5. The maximum atomic E-state index is 5.94. The van der Waals surface area contributed by atoms with Gasteiger partial charge in [-0.2, -0.15) is 0 Å². The van der Waals surface area contributed by atoms with Crippen LogP contribution in [0, 0.1) is 5.92 Å². The van der Waals surface area contributed by atoms with Gasteiger partial charge in [-0.15, -0.1) is 10.2 Å². The van der Waals surface area contributed by atoms with Crippen molar-refractivity contribution in [3.8, 4) is 0 Å². The van der Waals surface area contributed by atoms with Crippen molar-refractivity contribution in [3.63, 3.8) is 0 Å². The molecule has 1 aromatic rings. The van der Waals surface area contributed by atoms with E-state index in [1.807, 2.05) is 9.47 Å². The first-order valence-corrected chi connectivity index (χ1v) is 5.58. The van der Waals surface area contributed by atoms with Crippen LogP contribution in [0.25, 0.3) is 0 Å². The van der Waals surface area contributed by atoms with Crippen LogP contribution in [0.3, 0.4) is 0 Å². The molecule has 0 unspecified atom stereocenters. The summed E-state index contributed by atoms with van der Waals surface area (Å²) < 4.78 is 2.05. The third-order valence-electron chi connectivity index (χ3n) is 2.58. The molecule has 0 spiro atoms. The minimum Gasteiger partial charge on any atom is -0.370 e. The Hall–Kier alpha value is -1.59. The fraction of sp³-hybridized carbons (Fsp3) is 0.700. The Morgan fingerprint density at radius 1 is 1.56 bits per heavy atom. The minimum atomic E-state index is 0.534. The Labute approximate surface area is 95.2 Å². The summed E-state index contributed by atoms with van der Waals surface area (Å²) in [5.41, 5.74) is 5.94. The first kappa shape index (κ1) is 10.9. The van der Waals surface area contributed by atoms with Crippen LogP contribution in [0.1, 0.15) is 19.7 Å². The van der Waals surface area contributed by atoms with Crippen molar-refractivity contribution in [1.82, 2.24) is 19.7 Å². The standard InChI is InChI=1S/C10H18N6/c1-8(2)5-12-10(11)15-3-4-16-7-13-14-9(16)6-15/h7-8H,3-6H2,1-2H3,(H2,11,12). The molecule has 0 saturated carbocycles. The molecular weight excluding hydrogens is 204 g/mol. The fourth-order valence-electron chi connectivity index (χ4n) is 1.64. The van der Waals surface area contributed by atoms with Gasteiger partial charge >= 0.3 is 0 Å². The number of rotatable bonds is 2. The van der Waals surface area contributed by atoms with Crippen LogP contribution in [0.15, 0.2) is 11.3 Å². The van der Waals surface area contributed by atoms with Crippen LogP contribution >= 0.6 is 0 Å². The molecule has 0 bridgehead atoms. The van der Waals surface area contributed by atoms with Crippen molar-refractivity contribution < 1.29 is 0 Å². The highest BCUT2D eigenvalue weighted by molar-refractivity contribution is 5.78. The van der Waals surface area contributed by atoms with Crippen molar-refractivity contribution in [2.24, 2.45) is 16.6 Å². The molecule has 0 amide bonds. The third-order valence-corrected chi connectivity index (χ3v) is 2.58. The molecule has 6 nitrogen and oxygen atoms in total. The number of aromatic nitrogens is 3. The van der Waals surface area contributed by atoms with Gasteiger partial charge in [-0.3, -0.25) is 4.99 Å². The van der Waals surface area contributed by atoms with Crippen LogP contribution in [0.2, 0.25) is 0 Å². The van der Waals surface area contributed by atoms with E-state index in [0.717, 1.165) is 25.5 Å². The van der Waals surface area contributed by atoms with E-state index in [1.54, 1.807) is 6.33 Å². The lowest BCUT2D eigenvalue weighted by molar-refractivity contribution is 0.325. The van der Waals surface area contributed by atoms with E-state index in [2.05, 4.69) is 29.0 Å². The zero-order chi connectivity index (χ0) is 11.5. The zero-order valence-corrected chi connectivity index (χ0v) is 9.80. The van der Waals surface area contributed by atoms with Crippen molar-refractivity contribution in [1.29, 1.82) is 0 Å². The largest absolute Gasteiger partial charge is 0.370 e. The number of hydrogen-bond acceptors (Lipinski definition) is 3. The Morgan fingerprint density at radius 3 is 3.12 bits per heavy atom. The molecule has 6 heteroatoms. The fourth-order valence-corrected chi connectivity index (χ4v) is 1.64. The molecule has 1 aromatic heterocycles. The molecule has 2 N–H and O–H groups in total. The smallest absolute Gasteiger partial charge is 0.191 e. The lowest BCUT2D eigenvalue weighted by Crippen LogP contribution is -2.42. The number of hydrogen-bond donors (Lipinski definition) is 1. The van der Waals surface area contributed by atoms with Crippen LogP contribution in [-0.2, 0) is 13.1 Å². The first-order chi connectivity index (χ1) is 7.66. The maximum Gasteiger partial charge on any atom is 0.191 e. The van der Waals surface area contributed by atoms with Crippen molar-refractivity contribution in [3.05, 3.63) is 12.2 Å². The maximum absolute atomic E-state index is 5.94. The molecule has 0 saturated heterocycles. The number of fused-ring (bicyclic) bond motifs is 1. The van der Waals surface area contributed by atoms with Gasteiger partial charge in [0.1, 0.15) is 6.33 Å². The minimum absolute atomic E-state index is 0.534. The highest BCUT2D eigenvalue weighted by Gasteiger charge is 2.18. The Kier molecular flexibility index (Phi) is 3.07. The summed E-state index contributed by atoms with van der Waals surface area (Å²) in [6.45, 7) is 7.48. The van der Waals surface area contributed by atoms with Crippen LogP contribution in [-0.4, -0.2) is 38.7 Å². The molecule has 0 aromatic carbocycles. The monoisotopic (exact) mass is 222 g/mol. The average Bonchev–Trinajstić information content (AvgIpc) is 2.72. The molecule has 2 rings (SSSR count). The summed E-state index contributed by atoms with van der Waals surface area (Å²) >= 11 is 0. The van der Waals surface area contributed by atoms with Gasteiger partial charge in [-0.05, 0) is 5.92 Å². The molecule has 0 aliphatic carbocycles. The first-order valence-electron chi connectivity index (χ1n) is 5.58. The summed E-state index contributed by atoms with van der Waals surface area (Å²) in [7, 11) is 0.